The summed E-state index contributed by atoms with van der Waals surface area (Å²) in [5.41, 5.74) is -0.427. The zero-order valence-corrected chi connectivity index (χ0v) is 14.3. The molecule has 0 aromatic carbocycles. The molecular formula is C18H31NO2. The second-order valence-electron chi connectivity index (χ2n) is 7.98. The van der Waals surface area contributed by atoms with Gasteiger partial charge in [0, 0.05) is 19.1 Å². The van der Waals surface area contributed by atoms with Crippen molar-refractivity contribution in [2.45, 2.75) is 66.0 Å². The number of hydrogen-bond acceptors (Lipinski definition) is 3. The molecule has 0 amide bonds. The van der Waals surface area contributed by atoms with Gasteiger partial charge in [0.2, 0.25) is 0 Å². The molecule has 2 aliphatic rings. The van der Waals surface area contributed by atoms with E-state index in [1.54, 1.807) is 0 Å². The van der Waals surface area contributed by atoms with Gasteiger partial charge in [-0.15, -0.1) is 0 Å². The summed E-state index contributed by atoms with van der Waals surface area (Å²) in [5, 5.41) is 0. The predicted octanol–water partition coefficient (Wildman–Crippen LogP) is 3.64. The number of carbonyl (C=O) groups is 1. The minimum atomic E-state index is -0.427. The van der Waals surface area contributed by atoms with Gasteiger partial charge in [-0.3, -0.25) is 9.69 Å². The first kappa shape index (κ1) is 16.5. The predicted molar refractivity (Wildman–Crippen MR) is 86.0 cm³/mol. The molecule has 120 valence electrons. The van der Waals surface area contributed by atoms with Crippen LogP contribution in [-0.4, -0.2) is 36.1 Å². The molecule has 1 saturated carbocycles. The number of esters is 1. The summed E-state index contributed by atoms with van der Waals surface area (Å²) >= 11 is 0. The van der Waals surface area contributed by atoms with Crippen LogP contribution in [0.25, 0.3) is 0 Å². The van der Waals surface area contributed by atoms with Crippen molar-refractivity contribution < 1.29 is 9.53 Å². The highest BCUT2D eigenvalue weighted by atomic mass is 16.5. The first-order valence-electron chi connectivity index (χ1n) is 8.41. The summed E-state index contributed by atoms with van der Waals surface area (Å²) in [6, 6.07) is 0.658. The Morgan fingerprint density at radius 3 is 2.62 bits per heavy atom. The molecule has 1 heterocycles. The van der Waals surface area contributed by atoms with Crippen LogP contribution in [0.4, 0.5) is 0 Å². The number of nitrogens with zero attached hydrogens (tertiary/aromatic N) is 1. The highest BCUT2D eigenvalue weighted by Crippen LogP contribution is 2.36. The zero-order chi connectivity index (χ0) is 15.6. The Labute approximate surface area is 129 Å². The third-order valence-electron chi connectivity index (χ3n) is 4.83. The van der Waals surface area contributed by atoms with Gasteiger partial charge in [0.1, 0.15) is 6.10 Å². The van der Waals surface area contributed by atoms with Crippen molar-refractivity contribution >= 4 is 5.97 Å². The van der Waals surface area contributed by atoms with Gasteiger partial charge in [-0.25, -0.2) is 0 Å². The maximum absolute atomic E-state index is 12.1. The summed E-state index contributed by atoms with van der Waals surface area (Å²) in [7, 11) is 0. The van der Waals surface area contributed by atoms with Gasteiger partial charge in [0.05, 0.1) is 5.41 Å². The minimum absolute atomic E-state index is 0.0844. The molecule has 3 atom stereocenters. The van der Waals surface area contributed by atoms with E-state index < -0.39 is 5.41 Å². The van der Waals surface area contributed by atoms with Crippen LogP contribution < -0.4 is 0 Å². The summed E-state index contributed by atoms with van der Waals surface area (Å²) in [6.07, 6.45) is 8.10. The Hall–Kier alpha value is -0.830. The Bertz CT molecular complexity index is 395. The lowest BCUT2D eigenvalue weighted by atomic mass is 9.89. The molecule has 3 nitrogen and oxygen atoms in total. The van der Waals surface area contributed by atoms with E-state index in [1.807, 2.05) is 20.8 Å². The van der Waals surface area contributed by atoms with Gasteiger partial charge in [0.25, 0.3) is 0 Å². The maximum Gasteiger partial charge on any atom is 0.311 e. The molecule has 0 aromatic heterocycles. The SMILES string of the molecule is CC(C)C1CCCC1N1CC=CC(OC(=O)C(C)(C)C)C1. The Kier molecular flexibility index (Phi) is 5.13. The number of ether oxygens (including phenoxy) is 1. The first-order chi connectivity index (χ1) is 9.79. The van der Waals surface area contributed by atoms with Gasteiger partial charge in [-0.05, 0) is 51.5 Å². The van der Waals surface area contributed by atoms with E-state index in [9.17, 15) is 4.79 Å². The first-order valence-corrected chi connectivity index (χ1v) is 8.41. The lowest BCUT2D eigenvalue weighted by Gasteiger charge is -2.38. The average Bonchev–Trinajstić information content (AvgIpc) is 2.87. The molecule has 1 aliphatic carbocycles. The van der Waals surface area contributed by atoms with E-state index in [4.69, 9.17) is 4.74 Å². The third-order valence-corrected chi connectivity index (χ3v) is 4.83. The molecule has 0 radical (unpaired) electrons. The van der Waals surface area contributed by atoms with Gasteiger partial charge in [-0.2, -0.15) is 0 Å². The molecule has 0 aromatic rings. The molecule has 2 rings (SSSR count). The number of carbonyl (C=O) groups excluding carboxylic acids is 1. The largest absolute Gasteiger partial charge is 0.456 e. The molecule has 3 heteroatoms. The van der Waals surface area contributed by atoms with Gasteiger partial charge in [0.15, 0.2) is 0 Å². The molecular weight excluding hydrogens is 262 g/mol. The van der Waals surface area contributed by atoms with E-state index in [0.29, 0.717) is 6.04 Å². The van der Waals surface area contributed by atoms with Crippen LogP contribution in [-0.2, 0) is 9.53 Å². The van der Waals surface area contributed by atoms with Crippen LogP contribution in [0.2, 0.25) is 0 Å². The van der Waals surface area contributed by atoms with Crippen molar-refractivity contribution in [2.24, 2.45) is 17.3 Å². The van der Waals surface area contributed by atoms with E-state index in [0.717, 1.165) is 24.9 Å². The van der Waals surface area contributed by atoms with Crippen molar-refractivity contribution in [1.29, 1.82) is 0 Å². The highest BCUT2D eigenvalue weighted by Gasteiger charge is 2.36. The molecule has 0 bridgehead atoms. The highest BCUT2D eigenvalue weighted by molar-refractivity contribution is 5.75. The van der Waals surface area contributed by atoms with Crippen molar-refractivity contribution in [3.63, 3.8) is 0 Å². The summed E-state index contributed by atoms with van der Waals surface area (Å²) in [4.78, 5) is 14.6. The van der Waals surface area contributed by atoms with Crippen molar-refractivity contribution in [1.82, 2.24) is 4.90 Å². The quantitative estimate of drug-likeness (QED) is 0.588. The van der Waals surface area contributed by atoms with Crippen LogP contribution in [0.5, 0.6) is 0 Å². The van der Waals surface area contributed by atoms with Crippen molar-refractivity contribution in [2.75, 3.05) is 13.1 Å². The smallest absolute Gasteiger partial charge is 0.311 e. The zero-order valence-electron chi connectivity index (χ0n) is 14.3. The lowest BCUT2D eigenvalue weighted by molar-refractivity contribution is -0.157. The second-order valence-corrected chi connectivity index (χ2v) is 7.98. The van der Waals surface area contributed by atoms with E-state index in [-0.39, 0.29) is 12.1 Å². The molecule has 0 spiro atoms. The van der Waals surface area contributed by atoms with Crippen molar-refractivity contribution in [3.8, 4) is 0 Å². The summed E-state index contributed by atoms with van der Waals surface area (Å²) < 4.78 is 5.67. The summed E-state index contributed by atoms with van der Waals surface area (Å²) in [6.45, 7) is 12.2. The fraction of sp³-hybridized carbons (Fsp3) is 0.833. The van der Waals surface area contributed by atoms with Crippen molar-refractivity contribution in [3.05, 3.63) is 12.2 Å². The Balaban J connectivity index is 1.96. The maximum atomic E-state index is 12.1. The monoisotopic (exact) mass is 293 g/mol. The van der Waals surface area contributed by atoms with E-state index >= 15 is 0 Å². The fourth-order valence-electron chi connectivity index (χ4n) is 3.58. The fourth-order valence-corrected chi connectivity index (χ4v) is 3.58. The lowest BCUT2D eigenvalue weighted by Crippen LogP contribution is -2.46. The molecule has 1 aliphatic heterocycles. The number of rotatable bonds is 3. The van der Waals surface area contributed by atoms with Crippen LogP contribution in [0.3, 0.4) is 0 Å². The van der Waals surface area contributed by atoms with Crippen LogP contribution >= 0.6 is 0 Å². The molecule has 0 N–H and O–H groups in total. The third kappa shape index (κ3) is 4.09. The van der Waals surface area contributed by atoms with Gasteiger partial charge < -0.3 is 4.74 Å². The molecule has 0 saturated heterocycles. The number of hydrogen-bond donors (Lipinski definition) is 0. The van der Waals surface area contributed by atoms with Crippen LogP contribution in [0, 0.1) is 17.3 Å². The molecule has 1 fully saturated rings. The van der Waals surface area contributed by atoms with E-state index in [2.05, 4.69) is 30.9 Å². The normalized spacial score (nSPS) is 30.9. The Morgan fingerprint density at radius 2 is 2.00 bits per heavy atom. The Morgan fingerprint density at radius 1 is 1.29 bits per heavy atom. The topological polar surface area (TPSA) is 29.5 Å². The summed E-state index contributed by atoms with van der Waals surface area (Å²) in [5.74, 6) is 1.42. The van der Waals surface area contributed by atoms with Gasteiger partial charge >= 0.3 is 5.97 Å². The minimum Gasteiger partial charge on any atom is -0.456 e. The second kappa shape index (κ2) is 6.51. The molecule has 3 unspecified atom stereocenters. The average molecular weight is 293 g/mol. The van der Waals surface area contributed by atoms with E-state index in [1.165, 1.54) is 19.3 Å². The molecule has 21 heavy (non-hydrogen) atoms. The van der Waals surface area contributed by atoms with Gasteiger partial charge in [-0.1, -0.05) is 26.3 Å². The standard InChI is InChI=1S/C18H31NO2/c1-13(2)15-9-6-10-16(15)19-11-7-8-14(12-19)21-17(20)18(3,4)5/h7-8,13-16H,6,9-12H2,1-5H3. The van der Waals surface area contributed by atoms with Crippen LogP contribution in [0.15, 0.2) is 12.2 Å². The van der Waals surface area contributed by atoms with Crippen LogP contribution in [0.1, 0.15) is 53.9 Å².